The van der Waals surface area contributed by atoms with Gasteiger partial charge in [0.25, 0.3) is 0 Å². The van der Waals surface area contributed by atoms with E-state index < -0.39 is 0 Å². The molecule has 2 rings (SSSR count). The highest BCUT2D eigenvalue weighted by atomic mass is 79.9. The summed E-state index contributed by atoms with van der Waals surface area (Å²) in [4.78, 5) is 0.313. The molecule has 0 radical (unpaired) electrons. The lowest BCUT2D eigenvalue weighted by Gasteiger charge is -2.15. The molecular weight excluding hydrogens is 308 g/mol. The summed E-state index contributed by atoms with van der Waals surface area (Å²) < 4.78 is 0. The van der Waals surface area contributed by atoms with E-state index in [-0.39, 0.29) is 0 Å². The van der Waals surface area contributed by atoms with Crippen LogP contribution >= 0.6 is 27.5 Å². The van der Waals surface area contributed by atoms with Gasteiger partial charge in [0.15, 0.2) is 0 Å². The first-order chi connectivity index (χ1) is 8.72. The molecule has 1 unspecified atom stereocenters. The van der Waals surface area contributed by atoms with Crippen LogP contribution in [0.5, 0.6) is 0 Å². The van der Waals surface area contributed by atoms with Crippen LogP contribution in [0.15, 0.2) is 48.5 Å². The third kappa shape index (κ3) is 3.15. The summed E-state index contributed by atoms with van der Waals surface area (Å²) in [6.45, 7) is 2.19. The van der Waals surface area contributed by atoms with Crippen LogP contribution in [-0.2, 0) is 12.8 Å². The number of rotatable bonds is 4. The third-order valence-corrected chi connectivity index (χ3v) is 4.32. The molecule has 2 aromatic rings. The van der Waals surface area contributed by atoms with Crippen LogP contribution < -0.4 is 0 Å². The lowest BCUT2D eigenvalue weighted by molar-refractivity contribution is 0.921. The Bertz CT molecular complexity index is 522. The molecule has 0 amide bonds. The molecule has 0 aromatic heterocycles. The first kappa shape index (κ1) is 13.6. The molecule has 0 aliphatic heterocycles. The van der Waals surface area contributed by atoms with E-state index in [2.05, 4.69) is 53.2 Å². The molecule has 0 saturated carbocycles. The van der Waals surface area contributed by atoms with E-state index in [1.807, 2.05) is 18.2 Å². The molecule has 0 aliphatic rings. The zero-order chi connectivity index (χ0) is 13.0. The third-order valence-electron chi connectivity index (χ3n) is 3.13. The second kappa shape index (κ2) is 6.40. The highest BCUT2D eigenvalue weighted by Crippen LogP contribution is 2.31. The van der Waals surface area contributed by atoms with Crippen LogP contribution in [0.4, 0.5) is 0 Å². The molecule has 0 aliphatic carbocycles. The molecule has 18 heavy (non-hydrogen) atoms. The van der Waals surface area contributed by atoms with E-state index in [0.29, 0.717) is 4.83 Å². The first-order valence-electron chi connectivity index (χ1n) is 6.17. The van der Waals surface area contributed by atoms with Crippen molar-refractivity contribution in [1.82, 2.24) is 0 Å². The van der Waals surface area contributed by atoms with E-state index in [4.69, 9.17) is 11.6 Å². The SMILES string of the molecule is CCc1ccccc1C(Br)Cc1ccccc1Cl. The van der Waals surface area contributed by atoms with Crippen LogP contribution in [0.2, 0.25) is 5.02 Å². The number of aryl methyl sites for hydroxylation is 1. The Morgan fingerprint density at radius 3 is 2.28 bits per heavy atom. The zero-order valence-corrected chi connectivity index (χ0v) is 12.7. The van der Waals surface area contributed by atoms with E-state index >= 15 is 0 Å². The van der Waals surface area contributed by atoms with Gasteiger partial charge in [-0.15, -0.1) is 0 Å². The van der Waals surface area contributed by atoms with E-state index in [9.17, 15) is 0 Å². The second-order valence-corrected chi connectivity index (χ2v) is 5.83. The molecule has 2 heteroatoms. The van der Waals surface area contributed by atoms with Gasteiger partial charge < -0.3 is 0 Å². The minimum absolute atomic E-state index is 0.313. The molecule has 1 atom stereocenters. The largest absolute Gasteiger partial charge is 0.0840 e. The van der Waals surface area contributed by atoms with Gasteiger partial charge in [-0.1, -0.05) is 76.9 Å². The lowest BCUT2D eigenvalue weighted by Crippen LogP contribution is -2.00. The molecule has 0 fully saturated rings. The Hall–Kier alpha value is -0.790. The Morgan fingerprint density at radius 2 is 1.61 bits per heavy atom. The van der Waals surface area contributed by atoms with Crippen molar-refractivity contribution in [2.24, 2.45) is 0 Å². The van der Waals surface area contributed by atoms with Crippen LogP contribution in [0, 0.1) is 0 Å². The standard InChI is InChI=1S/C16H16BrCl/c1-2-12-7-3-5-9-14(12)15(17)11-13-8-4-6-10-16(13)18/h3-10,15H,2,11H2,1H3. The van der Waals surface area contributed by atoms with Crippen molar-refractivity contribution in [2.75, 3.05) is 0 Å². The lowest BCUT2D eigenvalue weighted by atomic mass is 9.98. The van der Waals surface area contributed by atoms with Crippen molar-refractivity contribution in [1.29, 1.82) is 0 Å². The molecule has 0 bridgehead atoms. The normalized spacial score (nSPS) is 12.4. The van der Waals surface area contributed by atoms with Gasteiger partial charge in [-0.05, 0) is 35.6 Å². The fourth-order valence-electron chi connectivity index (χ4n) is 2.13. The molecule has 0 saturated heterocycles. The Balaban J connectivity index is 2.22. The van der Waals surface area contributed by atoms with Crippen molar-refractivity contribution >= 4 is 27.5 Å². The quantitative estimate of drug-likeness (QED) is 0.644. The van der Waals surface area contributed by atoms with Gasteiger partial charge in [0.05, 0.1) is 0 Å². The zero-order valence-electron chi connectivity index (χ0n) is 10.4. The van der Waals surface area contributed by atoms with Crippen molar-refractivity contribution in [2.45, 2.75) is 24.6 Å². The number of benzene rings is 2. The maximum absolute atomic E-state index is 6.21. The highest BCUT2D eigenvalue weighted by molar-refractivity contribution is 9.09. The average Bonchev–Trinajstić information content (AvgIpc) is 2.41. The number of hydrogen-bond acceptors (Lipinski definition) is 0. The van der Waals surface area contributed by atoms with Gasteiger partial charge in [-0.25, -0.2) is 0 Å². The molecule has 0 heterocycles. The Morgan fingerprint density at radius 1 is 1.00 bits per heavy atom. The maximum Gasteiger partial charge on any atom is 0.0438 e. The van der Waals surface area contributed by atoms with Crippen molar-refractivity contribution in [3.63, 3.8) is 0 Å². The molecule has 0 N–H and O–H groups in total. The smallest absolute Gasteiger partial charge is 0.0438 e. The summed E-state index contributed by atoms with van der Waals surface area (Å²) in [5, 5.41) is 0.843. The number of halogens is 2. The van der Waals surface area contributed by atoms with Crippen LogP contribution in [0.25, 0.3) is 0 Å². The molecule has 0 spiro atoms. The van der Waals surface area contributed by atoms with Gasteiger partial charge in [0.2, 0.25) is 0 Å². The Kier molecular flexibility index (Phi) is 4.85. The van der Waals surface area contributed by atoms with Crippen molar-refractivity contribution < 1.29 is 0 Å². The fraction of sp³-hybridized carbons (Fsp3) is 0.250. The minimum atomic E-state index is 0.313. The van der Waals surface area contributed by atoms with E-state index in [1.165, 1.54) is 16.7 Å². The fourth-order valence-corrected chi connectivity index (χ4v) is 3.14. The van der Waals surface area contributed by atoms with Crippen molar-refractivity contribution in [3.05, 3.63) is 70.2 Å². The molecular formula is C16H16BrCl. The first-order valence-corrected chi connectivity index (χ1v) is 7.47. The average molecular weight is 324 g/mol. The highest BCUT2D eigenvalue weighted by Gasteiger charge is 2.13. The number of alkyl halides is 1. The minimum Gasteiger partial charge on any atom is -0.0840 e. The van der Waals surface area contributed by atoms with Crippen LogP contribution in [0.3, 0.4) is 0 Å². The summed E-state index contributed by atoms with van der Waals surface area (Å²) in [5.74, 6) is 0. The van der Waals surface area contributed by atoms with Gasteiger partial charge >= 0.3 is 0 Å². The van der Waals surface area contributed by atoms with Crippen molar-refractivity contribution in [3.8, 4) is 0 Å². The summed E-state index contributed by atoms with van der Waals surface area (Å²) >= 11 is 10.00. The maximum atomic E-state index is 6.21. The Labute approximate surface area is 122 Å². The summed E-state index contributed by atoms with van der Waals surface area (Å²) in [6.07, 6.45) is 1.97. The second-order valence-electron chi connectivity index (χ2n) is 4.32. The molecule has 0 nitrogen and oxygen atoms in total. The predicted molar refractivity (Wildman–Crippen MR) is 82.6 cm³/mol. The van der Waals surface area contributed by atoms with E-state index in [0.717, 1.165) is 17.9 Å². The van der Waals surface area contributed by atoms with Crippen LogP contribution in [-0.4, -0.2) is 0 Å². The van der Waals surface area contributed by atoms with E-state index in [1.54, 1.807) is 0 Å². The van der Waals surface area contributed by atoms with Crippen LogP contribution in [0.1, 0.15) is 28.4 Å². The molecule has 2 aromatic carbocycles. The van der Waals surface area contributed by atoms with Gasteiger partial charge in [-0.2, -0.15) is 0 Å². The van der Waals surface area contributed by atoms with Gasteiger partial charge in [-0.3, -0.25) is 0 Å². The topological polar surface area (TPSA) is 0 Å². The van der Waals surface area contributed by atoms with Gasteiger partial charge in [0, 0.05) is 9.85 Å². The van der Waals surface area contributed by atoms with Gasteiger partial charge in [0.1, 0.15) is 0 Å². The summed E-state index contributed by atoms with van der Waals surface area (Å²) in [7, 11) is 0. The number of hydrogen-bond donors (Lipinski definition) is 0. The summed E-state index contributed by atoms with van der Waals surface area (Å²) in [5.41, 5.74) is 3.94. The summed E-state index contributed by atoms with van der Waals surface area (Å²) in [6, 6.07) is 16.6. The monoisotopic (exact) mass is 322 g/mol. The predicted octanol–water partition coefficient (Wildman–Crippen LogP) is 5.58. The molecule has 94 valence electrons.